The summed E-state index contributed by atoms with van der Waals surface area (Å²) in [6.45, 7) is 3.47. The number of nitrogens with zero attached hydrogens (tertiary/aromatic N) is 3. The van der Waals surface area contributed by atoms with Crippen LogP contribution in [0.3, 0.4) is 0 Å². The molecule has 0 aliphatic carbocycles. The smallest absolute Gasteiger partial charge is 0.422 e. The molecule has 0 bridgehead atoms. The van der Waals surface area contributed by atoms with Crippen molar-refractivity contribution >= 4 is 11.8 Å². The molecule has 0 fully saturated rings. The van der Waals surface area contributed by atoms with Crippen molar-refractivity contribution in [1.29, 1.82) is 5.26 Å². The Kier molecular flexibility index (Phi) is 3.89. The molecule has 1 aromatic rings. The number of hydrogen-bond acceptors (Lipinski definition) is 5. The van der Waals surface area contributed by atoms with Gasteiger partial charge in [0.15, 0.2) is 5.82 Å². The highest BCUT2D eigenvalue weighted by molar-refractivity contribution is 5.83. The highest BCUT2D eigenvalue weighted by Crippen LogP contribution is 2.34. The van der Waals surface area contributed by atoms with E-state index in [1.807, 2.05) is 0 Å². The van der Waals surface area contributed by atoms with Crippen molar-refractivity contribution in [3.05, 3.63) is 16.8 Å². The highest BCUT2D eigenvalue weighted by atomic mass is 19.4. The maximum Gasteiger partial charge on any atom is 0.422 e. The van der Waals surface area contributed by atoms with Crippen molar-refractivity contribution in [2.45, 2.75) is 32.5 Å². The number of alkyl halides is 3. The van der Waals surface area contributed by atoms with Gasteiger partial charge in [-0.1, -0.05) is 0 Å². The minimum absolute atomic E-state index is 0.172. The van der Waals surface area contributed by atoms with E-state index in [0.717, 1.165) is 0 Å². The van der Waals surface area contributed by atoms with Crippen molar-refractivity contribution in [1.82, 2.24) is 10.2 Å². The average molecular weight is 288 g/mol. The molecule has 9 heteroatoms. The number of nitriles is 1. The number of halogens is 3. The van der Waals surface area contributed by atoms with E-state index in [2.05, 4.69) is 10.2 Å². The first-order valence-corrected chi connectivity index (χ1v) is 5.37. The van der Waals surface area contributed by atoms with Crippen LogP contribution in [-0.4, -0.2) is 33.0 Å². The van der Waals surface area contributed by atoms with Crippen molar-refractivity contribution in [2.75, 3.05) is 5.32 Å². The zero-order valence-electron chi connectivity index (χ0n) is 10.8. The Labute approximate surface area is 112 Å². The molecule has 1 rings (SSSR count). The lowest BCUT2D eigenvalue weighted by atomic mass is 10.0. The molecule has 1 unspecified atom stereocenters. The molecule has 1 atom stereocenters. The normalized spacial score (nSPS) is 14.2. The topological polar surface area (TPSA) is 98.9 Å². The third kappa shape index (κ3) is 2.49. The fourth-order valence-corrected chi connectivity index (χ4v) is 1.32. The number of carbonyl (C=O) groups is 1. The Morgan fingerprint density at radius 2 is 1.90 bits per heavy atom. The Morgan fingerprint density at radius 3 is 2.30 bits per heavy atom. The summed E-state index contributed by atoms with van der Waals surface area (Å²) in [6, 6.07) is 1.69. The van der Waals surface area contributed by atoms with Crippen LogP contribution in [0.2, 0.25) is 0 Å². The van der Waals surface area contributed by atoms with Gasteiger partial charge in [-0.2, -0.15) is 23.5 Å². The van der Waals surface area contributed by atoms with Gasteiger partial charge in [-0.15, -0.1) is 5.10 Å². The van der Waals surface area contributed by atoms with Gasteiger partial charge in [0, 0.05) is 0 Å². The summed E-state index contributed by atoms with van der Waals surface area (Å²) < 4.78 is 38.6. The van der Waals surface area contributed by atoms with Gasteiger partial charge in [0.25, 0.3) is 0 Å². The van der Waals surface area contributed by atoms with Gasteiger partial charge in [-0.05, 0) is 26.3 Å². The van der Waals surface area contributed by atoms with Crippen molar-refractivity contribution in [3.63, 3.8) is 0 Å². The molecule has 0 spiro atoms. The number of anilines is 1. The van der Waals surface area contributed by atoms with Crippen LogP contribution in [0.5, 0.6) is 0 Å². The fraction of sp³-hybridized carbons (Fsp3) is 0.455. The molecule has 0 saturated heterocycles. The van der Waals surface area contributed by atoms with Gasteiger partial charge in [0.1, 0.15) is 11.6 Å². The lowest BCUT2D eigenvalue weighted by Crippen LogP contribution is -2.56. The second kappa shape index (κ2) is 4.96. The first-order valence-electron chi connectivity index (χ1n) is 5.37. The van der Waals surface area contributed by atoms with E-state index >= 15 is 0 Å². The summed E-state index contributed by atoms with van der Waals surface area (Å²) in [5.41, 5.74) is -2.74. The van der Waals surface area contributed by atoms with E-state index in [9.17, 15) is 18.0 Å². The second-order valence-corrected chi connectivity index (χ2v) is 4.30. The van der Waals surface area contributed by atoms with Gasteiger partial charge in [-0.3, -0.25) is 0 Å². The van der Waals surface area contributed by atoms with Gasteiger partial charge < -0.3 is 10.4 Å². The number of hydrogen-bond donors (Lipinski definition) is 2. The number of aliphatic carboxylic acids is 1. The molecular formula is C11H11F3N4O2. The molecule has 1 aromatic heterocycles. The Bertz CT molecular complexity index is 595. The van der Waals surface area contributed by atoms with E-state index < -0.39 is 23.5 Å². The molecule has 6 nitrogen and oxygen atoms in total. The van der Waals surface area contributed by atoms with E-state index in [4.69, 9.17) is 10.4 Å². The lowest BCUT2D eigenvalue weighted by Gasteiger charge is -2.29. The molecule has 108 valence electrons. The summed E-state index contributed by atoms with van der Waals surface area (Å²) in [5.74, 6) is -2.65. The van der Waals surface area contributed by atoms with Crippen molar-refractivity contribution in [2.24, 2.45) is 0 Å². The summed E-state index contributed by atoms with van der Waals surface area (Å²) in [7, 11) is 0. The first-order chi connectivity index (χ1) is 9.04. The van der Waals surface area contributed by atoms with E-state index in [1.165, 1.54) is 13.8 Å². The second-order valence-electron chi connectivity index (χ2n) is 4.30. The van der Waals surface area contributed by atoms with Gasteiger partial charge in [0.05, 0.1) is 5.69 Å². The molecular weight excluding hydrogens is 277 g/mol. The van der Waals surface area contributed by atoms with Crippen LogP contribution in [0.4, 0.5) is 19.0 Å². The minimum Gasteiger partial charge on any atom is -0.479 e. The Balaban J connectivity index is 3.39. The number of aromatic nitrogens is 2. The van der Waals surface area contributed by atoms with Gasteiger partial charge in [0.2, 0.25) is 5.54 Å². The average Bonchev–Trinajstić information content (AvgIpc) is 2.32. The van der Waals surface area contributed by atoms with Gasteiger partial charge in [-0.25, -0.2) is 4.79 Å². The van der Waals surface area contributed by atoms with Gasteiger partial charge >= 0.3 is 12.1 Å². The zero-order valence-corrected chi connectivity index (χ0v) is 10.8. The first kappa shape index (κ1) is 15.7. The highest BCUT2D eigenvalue weighted by Gasteiger charge is 2.58. The Hall–Kier alpha value is -2.37. The van der Waals surface area contributed by atoms with Crippen LogP contribution in [0, 0.1) is 25.2 Å². The van der Waals surface area contributed by atoms with E-state index in [1.54, 1.807) is 11.4 Å². The molecule has 0 aliphatic rings. The third-order valence-corrected chi connectivity index (χ3v) is 2.93. The maximum atomic E-state index is 12.9. The number of rotatable bonds is 3. The number of carboxylic acid groups (broad SMARTS) is 1. The summed E-state index contributed by atoms with van der Waals surface area (Å²) in [5, 5.41) is 26.6. The van der Waals surface area contributed by atoms with Crippen molar-refractivity contribution in [3.8, 4) is 6.07 Å². The molecule has 0 aliphatic heterocycles. The summed E-state index contributed by atoms with van der Waals surface area (Å²) in [4.78, 5) is 10.9. The lowest BCUT2D eigenvalue weighted by molar-refractivity contribution is -0.192. The largest absolute Gasteiger partial charge is 0.479 e. The van der Waals surface area contributed by atoms with Crippen LogP contribution in [-0.2, 0) is 4.79 Å². The minimum atomic E-state index is -5.08. The summed E-state index contributed by atoms with van der Waals surface area (Å²) in [6.07, 6.45) is -5.08. The Morgan fingerprint density at radius 1 is 1.35 bits per heavy atom. The molecule has 2 N–H and O–H groups in total. The standard InChI is InChI=1S/C11H11F3N4O2/c1-5-6(2)17-18-8(7(5)4-15)16-10(3,9(19)20)11(12,13)14/h1-3H3,(H,16,18)(H,19,20). The van der Waals surface area contributed by atoms with Crippen molar-refractivity contribution < 1.29 is 23.1 Å². The molecule has 0 amide bonds. The monoisotopic (exact) mass is 288 g/mol. The maximum absolute atomic E-state index is 12.9. The summed E-state index contributed by atoms with van der Waals surface area (Å²) >= 11 is 0. The molecule has 1 heterocycles. The number of carboxylic acids is 1. The predicted octanol–water partition coefficient (Wildman–Crippen LogP) is 1.78. The fourth-order valence-electron chi connectivity index (χ4n) is 1.32. The SMILES string of the molecule is Cc1nnc(NC(C)(C(=O)O)C(F)(F)F)c(C#N)c1C. The number of aryl methyl sites for hydroxylation is 1. The van der Waals surface area contributed by atoms with Crippen LogP contribution >= 0.6 is 0 Å². The number of nitrogens with one attached hydrogen (secondary N) is 1. The van der Waals surface area contributed by atoms with Crippen LogP contribution < -0.4 is 5.32 Å². The predicted molar refractivity (Wildman–Crippen MR) is 61.9 cm³/mol. The van der Waals surface area contributed by atoms with Crippen LogP contribution in [0.25, 0.3) is 0 Å². The molecule has 0 saturated carbocycles. The van der Waals surface area contributed by atoms with E-state index in [-0.39, 0.29) is 5.56 Å². The third-order valence-electron chi connectivity index (χ3n) is 2.93. The molecule has 20 heavy (non-hydrogen) atoms. The molecule has 0 aromatic carbocycles. The quantitative estimate of drug-likeness (QED) is 0.879. The van der Waals surface area contributed by atoms with Crippen LogP contribution in [0.15, 0.2) is 0 Å². The van der Waals surface area contributed by atoms with Crippen LogP contribution in [0.1, 0.15) is 23.7 Å². The zero-order chi connectivity index (χ0) is 15.7. The molecule has 0 radical (unpaired) electrons. The van der Waals surface area contributed by atoms with E-state index in [0.29, 0.717) is 18.2 Å².